The van der Waals surface area contributed by atoms with Gasteiger partial charge in [-0.1, -0.05) is 35.0 Å². The van der Waals surface area contributed by atoms with Gasteiger partial charge in [-0.2, -0.15) is 4.31 Å². The van der Waals surface area contributed by atoms with Gasteiger partial charge in [-0.25, -0.2) is 16.8 Å². The highest BCUT2D eigenvalue weighted by Crippen LogP contribution is 2.35. The van der Waals surface area contributed by atoms with Gasteiger partial charge in [-0.3, -0.25) is 0 Å². The van der Waals surface area contributed by atoms with Crippen LogP contribution in [0.3, 0.4) is 0 Å². The molecule has 1 aromatic heterocycles. The molecule has 1 fully saturated rings. The topological polar surface area (TPSA) is 97.6 Å². The highest BCUT2D eigenvalue weighted by molar-refractivity contribution is 7.92. The molecular weight excluding hydrogens is 400 g/mol. The maximum atomic E-state index is 13.0. The third-order valence-electron chi connectivity index (χ3n) is 4.52. The number of benzene rings is 1. The molecule has 1 saturated heterocycles. The van der Waals surface area contributed by atoms with Gasteiger partial charge in [0.2, 0.25) is 10.0 Å². The molecule has 2 heterocycles. The van der Waals surface area contributed by atoms with Crippen molar-refractivity contribution < 1.29 is 21.4 Å². The van der Waals surface area contributed by atoms with Gasteiger partial charge in [-0.15, -0.1) is 0 Å². The molecule has 26 heavy (non-hydrogen) atoms. The zero-order valence-corrected chi connectivity index (χ0v) is 16.7. The number of halogens is 1. The molecule has 3 rings (SSSR count). The van der Waals surface area contributed by atoms with Crippen LogP contribution < -0.4 is 0 Å². The Kier molecular flexibility index (Phi) is 5.17. The molecule has 1 unspecified atom stereocenters. The van der Waals surface area contributed by atoms with Crippen LogP contribution in [-0.2, 0) is 19.9 Å². The highest BCUT2D eigenvalue weighted by atomic mass is 35.5. The number of sulfone groups is 1. The molecule has 1 aromatic carbocycles. The Labute approximate surface area is 157 Å². The van der Waals surface area contributed by atoms with E-state index in [4.69, 9.17) is 16.1 Å². The highest BCUT2D eigenvalue weighted by Gasteiger charge is 2.38. The molecule has 1 aliphatic heterocycles. The fourth-order valence-corrected chi connectivity index (χ4v) is 7.23. The molecule has 0 N–H and O–H groups in total. The summed E-state index contributed by atoms with van der Waals surface area (Å²) in [7, 11) is -7.44. The van der Waals surface area contributed by atoms with E-state index < -0.39 is 25.1 Å². The number of sulfonamides is 1. The molecule has 0 amide bonds. The smallest absolute Gasteiger partial charge is 0.248 e. The van der Waals surface area contributed by atoms with Gasteiger partial charge in [0.05, 0.1) is 11.0 Å². The molecule has 0 saturated carbocycles. The van der Waals surface area contributed by atoms with Gasteiger partial charge < -0.3 is 4.52 Å². The Hall–Kier alpha value is -1.42. The van der Waals surface area contributed by atoms with Crippen molar-refractivity contribution in [1.82, 2.24) is 9.46 Å². The van der Waals surface area contributed by atoms with Crippen LogP contribution in [0.1, 0.15) is 28.7 Å². The van der Waals surface area contributed by atoms with Crippen LogP contribution in [-0.4, -0.2) is 45.1 Å². The summed E-state index contributed by atoms with van der Waals surface area (Å²) in [4.78, 5) is 0.00564. The molecule has 1 atom stereocenters. The maximum absolute atomic E-state index is 13.0. The zero-order chi connectivity index (χ0) is 19.1. The van der Waals surface area contributed by atoms with Crippen molar-refractivity contribution >= 4 is 31.5 Å². The summed E-state index contributed by atoms with van der Waals surface area (Å²) in [5, 5.41) is 3.22. The van der Waals surface area contributed by atoms with Crippen molar-refractivity contribution in [3.05, 3.63) is 46.3 Å². The Morgan fingerprint density at radius 2 is 1.92 bits per heavy atom. The molecule has 7 nitrogen and oxygen atoms in total. The predicted molar refractivity (Wildman–Crippen MR) is 97.3 cm³/mol. The van der Waals surface area contributed by atoms with E-state index in [0.717, 1.165) is 0 Å². The molecule has 142 valence electrons. The first kappa shape index (κ1) is 19.3. The minimum Gasteiger partial charge on any atom is -0.360 e. The van der Waals surface area contributed by atoms with Crippen LogP contribution in [0, 0.1) is 13.8 Å². The first-order valence-electron chi connectivity index (χ1n) is 8.03. The number of aromatic nitrogens is 1. The number of hydrogen-bond acceptors (Lipinski definition) is 6. The van der Waals surface area contributed by atoms with Crippen LogP contribution >= 0.6 is 11.6 Å². The molecule has 0 aliphatic carbocycles. The maximum Gasteiger partial charge on any atom is 0.248 e. The lowest BCUT2D eigenvalue weighted by Crippen LogP contribution is -2.34. The van der Waals surface area contributed by atoms with Crippen molar-refractivity contribution in [3.63, 3.8) is 0 Å². The summed E-state index contributed by atoms with van der Waals surface area (Å²) in [6.07, 6.45) is 0.134. The van der Waals surface area contributed by atoms with Crippen LogP contribution in [0.4, 0.5) is 0 Å². The average molecular weight is 419 g/mol. The number of rotatable bonds is 3. The van der Waals surface area contributed by atoms with E-state index in [-0.39, 0.29) is 41.6 Å². The molecule has 1 aliphatic rings. The number of nitrogens with zero attached hydrogens (tertiary/aromatic N) is 2. The van der Waals surface area contributed by atoms with Crippen LogP contribution in [0.2, 0.25) is 5.02 Å². The van der Waals surface area contributed by atoms with E-state index >= 15 is 0 Å². The van der Waals surface area contributed by atoms with Crippen molar-refractivity contribution in [2.45, 2.75) is 30.4 Å². The fourth-order valence-electron chi connectivity index (χ4n) is 3.22. The lowest BCUT2D eigenvalue weighted by atomic mass is 10.1. The largest absolute Gasteiger partial charge is 0.360 e. The molecule has 0 radical (unpaired) electrons. The van der Waals surface area contributed by atoms with Crippen molar-refractivity contribution in [3.8, 4) is 0 Å². The Morgan fingerprint density at radius 3 is 2.54 bits per heavy atom. The lowest BCUT2D eigenvalue weighted by Gasteiger charge is -2.19. The van der Waals surface area contributed by atoms with E-state index in [1.54, 1.807) is 31.2 Å². The standard InChI is InChI=1S/C16H19ClN2O5S2/c1-11-16(12(2)24-18-11)26(22,23)19-8-7-15(25(20,21)10-9-19)13-5-3-4-6-14(13)17/h3-6,15H,7-10H2,1-2H3. The van der Waals surface area contributed by atoms with Crippen molar-refractivity contribution in [2.75, 3.05) is 18.8 Å². The SMILES string of the molecule is Cc1noc(C)c1S(=O)(=O)N1CCC(c2ccccc2Cl)S(=O)(=O)CC1. The zero-order valence-electron chi connectivity index (χ0n) is 14.3. The Balaban J connectivity index is 1.96. The Bertz CT molecular complexity index is 1010. The minimum absolute atomic E-state index is 0.00564. The van der Waals surface area contributed by atoms with Gasteiger partial charge >= 0.3 is 0 Å². The second kappa shape index (κ2) is 6.95. The van der Waals surface area contributed by atoms with E-state index in [1.165, 1.54) is 11.2 Å². The van der Waals surface area contributed by atoms with Gasteiger partial charge in [0, 0.05) is 18.1 Å². The van der Waals surface area contributed by atoms with E-state index in [0.29, 0.717) is 10.6 Å². The molecule has 2 aromatic rings. The minimum atomic E-state index is -3.89. The van der Waals surface area contributed by atoms with Crippen LogP contribution in [0.25, 0.3) is 0 Å². The number of hydrogen-bond donors (Lipinski definition) is 0. The van der Waals surface area contributed by atoms with Crippen molar-refractivity contribution in [2.24, 2.45) is 0 Å². The van der Waals surface area contributed by atoms with E-state index in [9.17, 15) is 16.8 Å². The van der Waals surface area contributed by atoms with E-state index in [1.807, 2.05) is 0 Å². The predicted octanol–water partition coefficient (Wildman–Crippen LogP) is 2.50. The first-order valence-corrected chi connectivity index (χ1v) is 11.6. The number of aryl methyl sites for hydroxylation is 2. The Morgan fingerprint density at radius 1 is 1.23 bits per heavy atom. The molecule has 10 heteroatoms. The average Bonchev–Trinajstić information content (AvgIpc) is 2.81. The third kappa shape index (κ3) is 3.40. The summed E-state index contributed by atoms with van der Waals surface area (Å²) in [6.45, 7) is 3.02. The summed E-state index contributed by atoms with van der Waals surface area (Å²) in [6, 6.07) is 6.75. The summed E-state index contributed by atoms with van der Waals surface area (Å²) in [5.74, 6) is -0.0804. The normalized spacial score (nSPS) is 21.4. The van der Waals surface area contributed by atoms with Gasteiger partial charge in [0.1, 0.15) is 10.6 Å². The summed E-state index contributed by atoms with van der Waals surface area (Å²) in [5.41, 5.74) is 0.767. The molecule has 0 bridgehead atoms. The second-order valence-corrected chi connectivity index (χ2v) is 10.8. The van der Waals surface area contributed by atoms with Crippen molar-refractivity contribution in [1.29, 1.82) is 0 Å². The molecular formula is C16H19ClN2O5S2. The first-order chi connectivity index (χ1) is 12.1. The monoisotopic (exact) mass is 418 g/mol. The molecule has 0 spiro atoms. The van der Waals surface area contributed by atoms with E-state index in [2.05, 4.69) is 5.16 Å². The summed E-state index contributed by atoms with van der Waals surface area (Å²) < 4.78 is 57.6. The van der Waals surface area contributed by atoms with Crippen LogP contribution in [0.15, 0.2) is 33.7 Å². The van der Waals surface area contributed by atoms with Crippen LogP contribution in [0.5, 0.6) is 0 Å². The quantitative estimate of drug-likeness (QED) is 0.759. The van der Waals surface area contributed by atoms with Gasteiger partial charge in [0.25, 0.3) is 0 Å². The van der Waals surface area contributed by atoms with Gasteiger partial charge in [-0.05, 0) is 31.9 Å². The third-order valence-corrected chi connectivity index (χ3v) is 9.11. The fraction of sp³-hybridized carbons (Fsp3) is 0.438. The summed E-state index contributed by atoms with van der Waals surface area (Å²) >= 11 is 6.17. The second-order valence-electron chi connectivity index (χ2n) is 6.22. The van der Waals surface area contributed by atoms with Gasteiger partial charge in [0.15, 0.2) is 15.6 Å². The lowest BCUT2D eigenvalue weighted by molar-refractivity contribution is 0.388.